The summed E-state index contributed by atoms with van der Waals surface area (Å²) in [7, 11) is 1.35. The molecule has 17 bridgehead atoms. The fourth-order valence-electron chi connectivity index (χ4n) is 14.8. The number of amides is 7. The molecule has 41 heteroatoms. The number of unbranched alkanes of at least 4 members (excludes halogenated alkanes) is 3. The topological polar surface area (TPSA) is 581 Å². The van der Waals surface area contributed by atoms with Crippen LogP contribution in [0.2, 0.25) is 20.1 Å². The molecule has 122 heavy (non-hydrogen) atoms. The second-order valence-corrected chi connectivity index (χ2v) is 30.9. The smallest absolute Gasteiger partial charge is 0.330 e. The molecule has 648 valence electrons. The van der Waals surface area contributed by atoms with Crippen molar-refractivity contribution in [2.24, 2.45) is 0 Å². The summed E-state index contributed by atoms with van der Waals surface area (Å²) in [5.41, 5.74) is -4.34. The van der Waals surface area contributed by atoms with Gasteiger partial charge in [-0.25, -0.2) is 4.79 Å². The molecule has 22 N–H and O–H groups in total. The van der Waals surface area contributed by atoms with Gasteiger partial charge >= 0.3 is 5.97 Å². The molecule has 0 radical (unpaired) electrons. The Bertz CT molecular complexity index is 5260. The van der Waals surface area contributed by atoms with Crippen LogP contribution in [0.25, 0.3) is 11.1 Å². The molecule has 8 aliphatic heterocycles. The zero-order valence-corrected chi connectivity index (χ0v) is 67.0. The summed E-state index contributed by atoms with van der Waals surface area (Å²) in [5.74, 6) is -19.5. The molecule has 2 saturated heterocycles. The van der Waals surface area contributed by atoms with Gasteiger partial charge in [0, 0.05) is 40.8 Å². The van der Waals surface area contributed by atoms with Gasteiger partial charge in [-0.15, -0.1) is 0 Å². The lowest BCUT2D eigenvalue weighted by Crippen LogP contribution is -2.65. The molecule has 0 aliphatic carbocycles. The van der Waals surface area contributed by atoms with E-state index in [9.17, 15) is 85.9 Å². The van der Waals surface area contributed by atoms with Crippen molar-refractivity contribution in [2.75, 3.05) is 20.3 Å². The third kappa shape index (κ3) is 18.4. The lowest BCUT2D eigenvalue weighted by molar-refractivity contribution is -0.277. The van der Waals surface area contributed by atoms with Crippen molar-refractivity contribution in [1.82, 2.24) is 42.5 Å². The summed E-state index contributed by atoms with van der Waals surface area (Å²) >= 11 is 28.5. The van der Waals surface area contributed by atoms with Crippen molar-refractivity contribution in [3.8, 4) is 80.1 Å². The van der Waals surface area contributed by atoms with Crippen LogP contribution in [0.1, 0.15) is 127 Å². The third-order valence-corrected chi connectivity index (χ3v) is 22.4. The van der Waals surface area contributed by atoms with Gasteiger partial charge in [0.1, 0.15) is 132 Å². The van der Waals surface area contributed by atoms with Gasteiger partial charge in [-0.3, -0.25) is 33.6 Å². The van der Waals surface area contributed by atoms with E-state index in [1.54, 1.807) is 6.08 Å². The molecule has 0 spiro atoms. The number of carbonyl (C=O) groups is 8. The molecule has 8 aliphatic rings. The van der Waals surface area contributed by atoms with E-state index in [4.69, 9.17) is 79.6 Å². The number of aliphatic carboxylic acids is 1. The fraction of sp³-hybridized carbons (Fsp3) is 0.358. The predicted molar refractivity (Wildman–Crippen MR) is 425 cm³/mol. The molecular weight excluding hydrogens is 1690 g/mol. The highest BCUT2D eigenvalue weighted by molar-refractivity contribution is 6.37. The predicted octanol–water partition coefficient (Wildman–Crippen LogP) is 4.03. The number of hydrogen-bond acceptors (Lipinski definition) is 29. The SMILES string of the molecule is CCCCC/C=C/CCC(=O)N[C@H]1[C@H](Oc2c3cc4cc2Oc2c(Cl)cc(cc2Cl)C(O)C2NC(=O)C(NC(=O)C4NC(=O)C4NC(=O)C(NC(=O)C(NC)c5ccc(O)c(c5)Oc5cc(O)c(Cl)c4c5)C(O)c4ccc(c(Cl)c4)O3)c3ccc(O)c(c3)-c3c(O[C@H]4O[C@H](CO)[C@@H](O)[C@H](O)[C@@H]4O)cc(O)cc3C(C(=O)O)NC2=O)O[C@H](CO)[C@@H](O)[C@@H]1O. The van der Waals surface area contributed by atoms with Crippen LogP contribution < -0.4 is 66.2 Å². The second kappa shape index (κ2) is 37.3. The van der Waals surface area contributed by atoms with E-state index in [-0.39, 0.29) is 29.7 Å². The maximum Gasteiger partial charge on any atom is 0.330 e. The number of halogens is 4. The maximum atomic E-state index is 16.7. The van der Waals surface area contributed by atoms with E-state index in [1.165, 1.54) is 25.2 Å². The van der Waals surface area contributed by atoms with Crippen LogP contribution >= 0.6 is 46.4 Å². The Kier molecular flexibility index (Phi) is 27.1. The molecule has 37 nitrogen and oxygen atoms in total. The quantitative estimate of drug-likeness (QED) is 0.0479. The normalized spacial score (nSPS) is 27.2. The van der Waals surface area contributed by atoms with Gasteiger partial charge in [-0.1, -0.05) is 96.5 Å². The Morgan fingerprint density at radius 3 is 1.76 bits per heavy atom. The fourth-order valence-corrected chi connectivity index (χ4v) is 15.8. The highest BCUT2D eigenvalue weighted by atomic mass is 35.5. The Balaban J connectivity index is 1.07. The number of aliphatic hydroxyl groups is 9. The monoisotopic (exact) mass is 1770 g/mol. The van der Waals surface area contributed by atoms with Gasteiger partial charge in [-0.05, 0) is 127 Å². The number of carbonyl (C=O) groups excluding carboxylic acids is 7. The van der Waals surface area contributed by atoms with Crippen LogP contribution in [0.5, 0.6) is 69.0 Å². The first-order chi connectivity index (χ1) is 58.2. The van der Waals surface area contributed by atoms with E-state index >= 15 is 24.0 Å². The number of hydrogen-bond donors (Lipinski definition) is 22. The summed E-state index contributed by atoms with van der Waals surface area (Å²) in [6, 6.07) is -0.672. The molecule has 19 atom stereocenters. The molecule has 2 fully saturated rings. The maximum absolute atomic E-state index is 16.7. The first kappa shape index (κ1) is 88.7. The lowest BCUT2D eigenvalue weighted by Gasteiger charge is -2.42. The highest BCUT2D eigenvalue weighted by Crippen LogP contribution is 2.52. The van der Waals surface area contributed by atoms with Crippen LogP contribution in [-0.4, -0.2) is 213 Å². The van der Waals surface area contributed by atoms with Gasteiger partial charge in [-0.2, -0.15) is 0 Å². The Morgan fingerprint density at radius 2 is 1.09 bits per heavy atom. The second-order valence-electron chi connectivity index (χ2n) is 29.3. The number of benzene rings is 7. The molecule has 15 rings (SSSR count). The molecule has 7 aromatic carbocycles. The van der Waals surface area contributed by atoms with Gasteiger partial charge in [0.15, 0.2) is 34.8 Å². The van der Waals surface area contributed by atoms with Gasteiger partial charge in [0.05, 0.1) is 33.3 Å². The van der Waals surface area contributed by atoms with E-state index < -0.39 is 299 Å². The number of aliphatic hydroxyl groups excluding tert-OH is 9. The standard InChI is InChI=1S/C81H82Cl4N8O29/c1-3-4-5-6-7-8-9-10-53(100)87-63-68(105)66(103)51(28-94)120-80(63)122-72-49-22-33-23-50(72)118-71-41(83)19-34(20-42(71)84)65(102)62-78(113)91-60(79(114)115)38-24-35(96)25-48(119-81-70(107)69(106)67(104)52(29-95)121-81)54(38)37-17-30(11-14-43(37)97)57(74(109)93-62)88-75(110)58(33)89-76(111)59-39-26-36(27-45(99)55(39)85)116-47-21-31(12-15-44(47)98)56(86-2)73(108)92-61(77(112)90-59)64(101)32-13-16-46(117-49)40(82)18-32/h7-8,11-27,51-52,56-70,80-81,86,94-99,101-107H,3-6,9-10,28-29H2,1-2H3,(H,87,100)(H,88,110)(H,89,111)(H,90,112)(H,91,113)(H,92,108)(H,93,109)(H,114,115)/b8-7+/t51-,52-,56?,57?,58?,59?,60?,61?,62?,63-,64?,65?,66-,67-,68-,69+,70+,80+,81+/m1/s1. The van der Waals surface area contributed by atoms with Crippen LogP contribution in [-0.2, 0) is 47.8 Å². The van der Waals surface area contributed by atoms with E-state index in [0.717, 1.165) is 104 Å². The van der Waals surface area contributed by atoms with Crippen LogP contribution in [0, 0.1) is 0 Å². The number of nitrogens with one attached hydrogen (secondary N) is 8. The number of aromatic hydroxyl groups is 4. The third-order valence-electron chi connectivity index (χ3n) is 21.2. The highest BCUT2D eigenvalue weighted by Gasteiger charge is 2.50. The van der Waals surface area contributed by atoms with Crippen molar-refractivity contribution < 1.29 is 143 Å². The molecule has 7 aromatic rings. The number of likely N-dealkylation sites (N-methyl/N-ethyl adjacent to an activating group) is 1. The largest absolute Gasteiger partial charge is 0.508 e. The molecule has 0 aromatic heterocycles. The number of fused-ring (bicyclic) bond motifs is 14. The van der Waals surface area contributed by atoms with Crippen molar-refractivity contribution >= 4 is 93.7 Å². The number of ether oxygens (including phenoxy) is 7. The zero-order valence-electron chi connectivity index (χ0n) is 64.0. The molecule has 0 saturated carbocycles. The van der Waals surface area contributed by atoms with E-state index in [0.29, 0.717) is 6.42 Å². The lowest BCUT2D eigenvalue weighted by atomic mass is 9.89. The number of carboxylic acid groups (broad SMARTS) is 1. The Hall–Kier alpha value is -11.1. The van der Waals surface area contributed by atoms with Crippen LogP contribution in [0.3, 0.4) is 0 Å². The summed E-state index contributed by atoms with van der Waals surface area (Å²) in [6.07, 6.45) is -15.5. The molecular formula is C81H82Cl4N8O29. The van der Waals surface area contributed by atoms with Crippen molar-refractivity contribution in [3.05, 3.63) is 174 Å². The molecule has 9 unspecified atom stereocenters. The average Bonchev–Trinajstić information content (AvgIpc) is 0.758. The zero-order chi connectivity index (χ0) is 87.7. The molecule has 7 amide bonds. The van der Waals surface area contributed by atoms with Crippen molar-refractivity contribution in [1.29, 1.82) is 0 Å². The van der Waals surface area contributed by atoms with Crippen LogP contribution in [0.15, 0.2) is 115 Å². The van der Waals surface area contributed by atoms with Crippen molar-refractivity contribution in [3.63, 3.8) is 0 Å². The Morgan fingerprint density at radius 1 is 0.508 bits per heavy atom. The number of allylic oxidation sites excluding steroid dienone is 2. The van der Waals surface area contributed by atoms with Gasteiger partial charge in [0.25, 0.3) is 0 Å². The summed E-state index contributed by atoms with van der Waals surface area (Å²) in [6.45, 7) is 0.0121. The van der Waals surface area contributed by atoms with Gasteiger partial charge < -0.3 is 147 Å². The first-order valence-corrected chi connectivity index (χ1v) is 39.5. The Labute approximate surface area is 711 Å². The number of phenols is 4. The first-order valence-electron chi connectivity index (χ1n) is 38.0. The molecule has 8 heterocycles. The minimum Gasteiger partial charge on any atom is -0.508 e. The van der Waals surface area contributed by atoms with E-state index in [2.05, 4.69) is 42.5 Å². The average molecular weight is 1770 g/mol. The summed E-state index contributed by atoms with van der Waals surface area (Å²) < 4.78 is 44.1. The summed E-state index contributed by atoms with van der Waals surface area (Å²) in [4.78, 5) is 123. The van der Waals surface area contributed by atoms with E-state index in [1.807, 2.05) is 13.0 Å². The minimum atomic E-state index is -2.55. The number of rotatable bonds is 16. The van der Waals surface area contributed by atoms with Gasteiger partial charge in [0.2, 0.25) is 59.7 Å². The van der Waals surface area contributed by atoms with Crippen LogP contribution in [0.4, 0.5) is 0 Å². The number of carboxylic acids is 1. The van der Waals surface area contributed by atoms with Crippen molar-refractivity contribution in [2.45, 2.75) is 161 Å². The minimum absolute atomic E-state index is 0.0839. The number of phenolic OH excluding ortho intramolecular Hbond substituents is 4. The summed E-state index contributed by atoms with van der Waals surface area (Å²) in [5, 5.41) is 178.